The summed E-state index contributed by atoms with van der Waals surface area (Å²) in [6, 6.07) is 0.657. The first-order valence-corrected chi connectivity index (χ1v) is 6.05. The molecule has 1 aliphatic heterocycles. The molecule has 0 saturated carbocycles. The van der Waals surface area contributed by atoms with Crippen molar-refractivity contribution < 1.29 is 4.52 Å². The predicted octanol–water partition coefficient (Wildman–Crippen LogP) is 1.97. The molecule has 1 aromatic heterocycles. The Morgan fingerprint density at radius 2 is 2.57 bits per heavy atom. The second kappa shape index (κ2) is 4.36. The van der Waals surface area contributed by atoms with Crippen molar-refractivity contribution in [1.29, 1.82) is 0 Å². The van der Waals surface area contributed by atoms with Gasteiger partial charge in [0.15, 0.2) is 0 Å². The van der Waals surface area contributed by atoms with E-state index < -0.39 is 0 Å². The number of hydrogen-bond donors (Lipinski definition) is 1. The van der Waals surface area contributed by atoms with Crippen LogP contribution in [-0.4, -0.2) is 22.2 Å². The third-order valence-electron chi connectivity index (χ3n) is 2.63. The van der Waals surface area contributed by atoms with E-state index in [4.69, 9.17) is 4.52 Å². The molecule has 2 heterocycles. The summed E-state index contributed by atoms with van der Waals surface area (Å²) in [7, 11) is 0. The van der Waals surface area contributed by atoms with E-state index in [1.807, 2.05) is 18.7 Å². The Hall–Kier alpha value is -0.480. The van der Waals surface area contributed by atoms with Crippen LogP contribution in [0.15, 0.2) is 10.8 Å². The van der Waals surface area contributed by atoms with Crippen LogP contribution in [-0.2, 0) is 6.54 Å². The van der Waals surface area contributed by atoms with Crippen LogP contribution in [0, 0.1) is 6.92 Å². The van der Waals surface area contributed by atoms with Crippen molar-refractivity contribution in [3.05, 3.63) is 17.5 Å². The predicted molar refractivity (Wildman–Crippen MR) is 58.4 cm³/mol. The second-order valence-corrected chi connectivity index (χ2v) is 5.35. The van der Waals surface area contributed by atoms with Gasteiger partial charge < -0.3 is 9.84 Å². The quantitative estimate of drug-likeness (QED) is 0.831. The van der Waals surface area contributed by atoms with Gasteiger partial charge in [0.2, 0.25) is 0 Å². The van der Waals surface area contributed by atoms with E-state index in [-0.39, 0.29) is 0 Å². The molecular formula is C10H16N2OS. The molecule has 2 unspecified atom stereocenters. The molecule has 1 aliphatic rings. The van der Waals surface area contributed by atoms with E-state index in [9.17, 15) is 0 Å². The second-order valence-electron chi connectivity index (χ2n) is 3.88. The summed E-state index contributed by atoms with van der Waals surface area (Å²) in [6.45, 7) is 5.15. The molecule has 0 aromatic carbocycles. The molecule has 1 aromatic rings. The molecule has 0 aliphatic carbocycles. The van der Waals surface area contributed by atoms with Gasteiger partial charge in [0.05, 0.1) is 5.69 Å². The molecule has 78 valence electrons. The molecule has 0 bridgehead atoms. The SMILES string of the molecule is Cc1nocc1CNC1CSC(C)C1. The summed E-state index contributed by atoms with van der Waals surface area (Å²) in [5.41, 5.74) is 2.17. The Balaban J connectivity index is 1.80. The fourth-order valence-electron chi connectivity index (χ4n) is 1.70. The van der Waals surface area contributed by atoms with Crippen molar-refractivity contribution in [3.8, 4) is 0 Å². The molecule has 0 amide bonds. The molecule has 4 heteroatoms. The average molecular weight is 212 g/mol. The van der Waals surface area contributed by atoms with E-state index in [1.165, 1.54) is 17.7 Å². The normalized spacial score (nSPS) is 27.0. The van der Waals surface area contributed by atoms with Gasteiger partial charge in [-0.2, -0.15) is 11.8 Å². The zero-order chi connectivity index (χ0) is 9.97. The van der Waals surface area contributed by atoms with Crippen LogP contribution in [0.4, 0.5) is 0 Å². The lowest BCUT2D eigenvalue weighted by molar-refractivity contribution is 0.413. The molecule has 1 N–H and O–H groups in total. The third kappa shape index (κ3) is 2.30. The van der Waals surface area contributed by atoms with Crippen molar-refractivity contribution in [2.24, 2.45) is 0 Å². The minimum Gasteiger partial charge on any atom is -0.364 e. The van der Waals surface area contributed by atoms with Gasteiger partial charge in [-0.05, 0) is 13.3 Å². The summed E-state index contributed by atoms with van der Waals surface area (Å²) in [6.07, 6.45) is 3.00. The molecule has 0 spiro atoms. The highest BCUT2D eigenvalue weighted by Crippen LogP contribution is 2.26. The molecule has 1 fully saturated rings. The highest BCUT2D eigenvalue weighted by molar-refractivity contribution is 8.00. The summed E-state index contributed by atoms with van der Waals surface area (Å²) >= 11 is 2.05. The van der Waals surface area contributed by atoms with E-state index in [0.717, 1.165) is 17.5 Å². The molecule has 3 nitrogen and oxygen atoms in total. The van der Waals surface area contributed by atoms with Gasteiger partial charge in [-0.1, -0.05) is 12.1 Å². The number of aryl methyl sites for hydroxylation is 1. The lowest BCUT2D eigenvalue weighted by Crippen LogP contribution is -2.28. The first-order valence-electron chi connectivity index (χ1n) is 5.00. The van der Waals surface area contributed by atoms with Crippen LogP contribution >= 0.6 is 11.8 Å². The minimum absolute atomic E-state index is 0.657. The van der Waals surface area contributed by atoms with Crippen LogP contribution in [0.3, 0.4) is 0 Å². The van der Waals surface area contributed by atoms with Crippen molar-refractivity contribution in [1.82, 2.24) is 10.5 Å². The van der Waals surface area contributed by atoms with Crippen molar-refractivity contribution in [3.63, 3.8) is 0 Å². The number of hydrogen-bond acceptors (Lipinski definition) is 4. The van der Waals surface area contributed by atoms with Crippen molar-refractivity contribution in [2.75, 3.05) is 5.75 Å². The molecule has 2 rings (SSSR count). The molecule has 1 saturated heterocycles. The molecule has 0 radical (unpaired) electrons. The number of rotatable bonds is 3. The number of thioether (sulfide) groups is 1. The van der Waals surface area contributed by atoms with Gasteiger partial charge in [-0.15, -0.1) is 0 Å². The molecule has 2 atom stereocenters. The number of nitrogens with one attached hydrogen (secondary N) is 1. The third-order valence-corrected chi connectivity index (χ3v) is 3.99. The summed E-state index contributed by atoms with van der Waals surface area (Å²) in [4.78, 5) is 0. The Bertz CT molecular complexity index is 300. The standard InChI is InChI=1S/C10H16N2OS/c1-7-3-10(6-14-7)11-4-9-5-13-12-8(9)2/h5,7,10-11H,3-4,6H2,1-2H3. The molecular weight excluding hydrogens is 196 g/mol. The maximum atomic E-state index is 4.89. The largest absolute Gasteiger partial charge is 0.364 e. The summed E-state index contributed by atoms with van der Waals surface area (Å²) in [5.74, 6) is 1.23. The van der Waals surface area contributed by atoms with Crippen LogP contribution in [0.5, 0.6) is 0 Å². The van der Waals surface area contributed by atoms with E-state index >= 15 is 0 Å². The number of aromatic nitrogens is 1. The van der Waals surface area contributed by atoms with Gasteiger partial charge in [-0.3, -0.25) is 0 Å². The van der Waals surface area contributed by atoms with Crippen molar-refractivity contribution >= 4 is 11.8 Å². The van der Waals surface area contributed by atoms with Crippen LogP contribution in [0.25, 0.3) is 0 Å². The fraction of sp³-hybridized carbons (Fsp3) is 0.700. The maximum absolute atomic E-state index is 4.89. The Kier molecular flexibility index (Phi) is 3.13. The monoisotopic (exact) mass is 212 g/mol. The van der Waals surface area contributed by atoms with Crippen LogP contribution < -0.4 is 5.32 Å². The van der Waals surface area contributed by atoms with E-state index in [1.54, 1.807) is 6.26 Å². The topological polar surface area (TPSA) is 38.1 Å². The Labute approximate surface area is 88.6 Å². The van der Waals surface area contributed by atoms with E-state index in [2.05, 4.69) is 17.4 Å². The maximum Gasteiger partial charge on any atom is 0.128 e. The van der Waals surface area contributed by atoms with Crippen LogP contribution in [0.2, 0.25) is 0 Å². The van der Waals surface area contributed by atoms with Crippen LogP contribution in [0.1, 0.15) is 24.6 Å². The van der Waals surface area contributed by atoms with Gasteiger partial charge in [0.25, 0.3) is 0 Å². The fourth-order valence-corrected chi connectivity index (χ4v) is 2.88. The van der Waals surface area contributed by atoms with Gasteiger partial charge in [-0.25, -0.2) is 0 Å². The lowest BCUT2D eigenvalue weighted by atomic mass is 10.2. The Morgan fingerprint density at radius 3 is 3.14 bits per heavy atom. The first-order chi connectivity index (χ1) is 6.75. The number of nitrogens with zero attached hydrogens (tertiary/aromatic N) is 1. The zero-order valence-corrected chi connectivity index (χ0v) is 9.43. The molecule has 14 heavy (non-hydrogen) atoms. The summed E-state index contributed by atoms with van der Waals surface area (Å²) in [5, 5.41) is 8.19. The highest BCUT2D eigenvalue weighted by Gasteiger charge is 2.21. The smallest absolute Gasteiger partial charge is 0.128 e. The Morgan fingerprint density at radius 1 is 1.71 bits per heavy atom. The van der Waals surface area contributed by atoms with E-state index in [0.29, 0.717) is 6.04 Å². The average Bonchev–Trinajstić information content (AvgIpc) is 2.72. The minimum atomic E-state index is 0.657. The van der Waals surface area contributed by atoms with Gasteiger partial charge >= 0.3 is 0 Å². The lowest BCUT2D eigenvalue weighted by Gasteiger charge is -2.10. The highest BCUT2D eigenvalue weighted by atomic mass is 32.2. The van der Waals surface area contributed by atoms with Crippen molar-refractivity contribution in [2.45, 2.75) is 38.1 Å². The zero-order valence-electron chi connectivity index (χ0n) is 8.62. The van der Waals surface area contributed by atoms with Gasteiger partial charge in [0, 0.05) is 29.2 Å². The van der Waals surface area contributed by atoms with Gasteiger partial charge in [0.1, 0.15) is 6.26 Å². The summed E-state index contributed by atoms with van der Waals surface area (Å²) < 4.78 is 4.89. The first kappa shape index (κ1) is 10.1.